The number of nitriles is 1. The first-order valence-corrected chi connectivity index (χ1v) is 13.0. The Balaban J connectivity index is 1.58. The van der Waals surface area contributed by atoms with Gasteiger partial charge in [-0.25, -0.2) is 0 Å². The summed E-state index contributed by atoms with van der Waals surface area (Å²) in [6, 6.07) is 20.6. The van der Waals surface area contributed by atoms with E-state index in [-0.39, 0.29) is 17.6 Å². The summed E-state index contributed by atoms with van der Waals surface area (Å²) in [7, 11) is 1.54. The van der Waals surface area contributed by atoms with Crippen molar-refractivity contribution in [1.82, 2.24) is 5.32 Å². The lowest BCUT2D eigenvalue weighted by Crippen LogP contribution is -2.31. The van der Waals surface area contributed by atoms with E-state index in [1.807, 2.05) is 66.2 Å². The predicted molar refractivity (Wildman–Crippen MR) is 145 cm³/mol. The molecule has 0 saturated carbocycles. The number of benzene rings is 2. The Morgan fingerprint density at radius 3 is 2.56 bits per heavy atom. The van der Waals surface area contributed by atoms with Crippen LogP contribution in [0.1, 0.15) is 18.4 Å². The maximum Gasteiger partial charge on any atom is 0.254 e. The smallest absolute Gasteiger partial charge is 0.254 e. The largest absolute Gasteiger partial charge is 0.495 e. The van der Waals surface area contributed by atoms with E-state index >= 15 is 0 Å². The van der Waals surface area contributed by atoms with Crippen LogP contribution in [0.5, 0.6) is 5.75 Å². The van der Waals surface area contributed by atoms with Gasteiger partial charge in [0.25, 0.3) is 5.91 Å². The molecule has 1 aromatic heterocycles. The van der Waals surface area contributed by atoms with Crippen LogP contribution < -0.4 is 20.7 Å². The molecule has 2 aromatic carbocycles. The first-order valence-electron chi connectivity index (χ1n) is 11.1. The third kappa shape index (κ3) is 5.62. The number of anilines is 2. The molecular formula is C27H24N4O3S2. The molecule has 36 heavy (non-hydrogen) atoms. The Kier molecular flexibility index (Phi) is 8.10. The van der Waals surface area contributed by atoms with Crippen molar-refractivity contribution in [1.29, 1.82) is 5.26 Å². The summed E-state index contributed by atoms with van der Waals surface area (Å²) in [5.41, 5.74) is 3.59. The number of rotatable bonds is 8. The second-order valence-corrected chi connectivity index (χ2v) is 9.63. The fourth-order valence-corrected chi connectivity index (χ4v) is 5.47. The van der Waals surface area contributed by atoms with Crippen LogP contribution in [-0.2, 0) is 9.59 Å². The van der Waals surface area contributed by atoms with Gasteiger partial charge >= 0.3 is 0 Å². The molecule has 1 unspecified atom stereocenters. The van der Waals surface area contributed by atoms with Crippen LogP contribution in [0.3, 0.4) is 0 Å². The number of thioether (sulfide) groups is 1. The third-order valence-electron chi connectivity index (χ3n) is 5.53. The van der Waals surface area contributed by atoms with Gasteiger partial charge in [0.1, 0.15) is 5.75 Å². The van der Waals surface area contributed by atoms with Gasteiger partial charge in [0.05, 0.1) is 41.1 Å². The molecule has 0 radical (unpaired) electrons. The summed E-state index contributed by atoms with van der Waals surface area (Å²) < 4.78 is 5.29. The number of thiophene rings is 1. The molecular weight excluding hydrogens is 492 g/mol. The number of hydrogen-bond donors (Lipinski definition) is 3. The number of ether oxygens (including phenoxy) is 1. The molecule has 0 fully saturated rings. The standard InChI is InChI=1S/C27H24N4O3S2/c1-17-24(26(33)30-19-8-4-3-5-9-19)25(18-12-13-35-15-18)20(14-28)27(29-17)36-16-23(32)31-21-10-6-7-11-22(21)34-2/h3-13,15,25,29H,16H2,1-2H3,(H,30,33)(H,31,32). The van der Waals surface area contributed by atoms with Gasteiger partial charge in [-0.15, -0.1) is 0 Å². The Morgan fingerprint density at radius 2 is 1.86 bits per heavy atom. The number of hydrogen-bond acceptors (Lipinski definition) is 7. The van der Waals surface area contributed by atoms with E-state index in [4.69, 9.17) is 4.74 Å². The molecule has 1 atom stereocenters. The fourth-order valence-electron chi connectivity index (χ4n) is 3.89. The summed E-state index contributed by atoms with van der Waals surface area (Å²) >= 11 is 2.72. The maximum atomic E-state index is 13.4. The monoisotopic (exact) mass is 516 g/mol. The molecule has 4 rings (SSSR count). The average Bonchev–Trinajstić information content (AvgIpc) is 3.42. The summed E-state index contributed by atoms with van der Waals surface area (Å²) in [6.45, 7) is 1.81. The number of carbonyl (C=O) groups excluding carboxylic acids is 2. The van der Waals surface area contributed by atoms with E-state index in [1.54, 1.807) is 19.2 Å². The van der Waals surface area contributed by atoms with Crippen molar-refractivity contribution < 1.29 is 14.3 Å². The minimum atomic E-state index is -0.550. The topological polar surface area (TPSA) is 103 Å². The lowest BCUT2D eigenvalue weighted by atomic mass is 9.83. The number of amides is 2. The Bertz CT molecular complexity index is 1360. The van der Waals surface area contributed by atoms with E-state index in [2.05, 4.69) is 22.0 Å². The van der Waals surface area contributed by atoms with E-state index in [0.717, 1.165) is 5.56 Å². The van der Waals surface area contributed by atoms with Crippen LogP contribution in [0.2, 0.25) is 0 Å². The van der Waals surface area contributed by atoms with E-state index in [1.165, 1.54) is 23.1 Å². The van der Waals surface area contributed by atoms with Gasteiger partial charge in [0.2, 0.25) is 5.91 Å². The zero-order valence-electron chi connectivity index (χ0n) is 19.7. The SMILES string of the molecule is COc1ccccc1NC(=O)CSC1=C(C#N)C(c2ccsc2)C(C(=O)Nc2ccccc2)=C(C)N1. The second kappa shape index (κ2) is 11.6. The molecule has 3 aromatic rings. The Morgan fingerprint density at radius 1 is 1.11 bits per heavy atom. The molecule has 0 bridgehead atoms. The van der Waals surface area contributed by atoms with Crippen LogP contribution >= 0.6 is 23.1 Å². The molecule has 0 saturated heterocycles. The van der Waals surface area contributed by atoms with Crippen LogP contribution in [0.4, 0.5) is 11.4 Å². The lowest BCUT2D eigenvalue weighted by molar-refractivity contribution is -0.114. The lowest BCUT2D eigenvalue weighted by Gasteiger charge is -2.29. The van der Waals surface area contributed by atoms with Crippen molar-refractivity contribution >= 4 is 46.3 Å². The zero-order chi connectivity index (χ0) is 25.5. The highest BCUT2D eigenvalue weighted by Crippen LogP contribution is 2.41. The number of para-hydroxylation sites is 3. The number of carbonyl (C=O) groups is 2. The first-order chi connectivity index (χ1) is 17.5. The van der Waals surface area contributed by atoms with Crippen LogP contribution in [0.25, 0.3) is 0 Å². The highest BCUT2D eigenvalue weighted by molar-refractivity contribution is 8.03. The summed E-state index contributed by atoms with van der Waals surface area (Å²) in [4.78, 5) is 26.1. The molecule has 0 aliphatic carbocycles. The molecule has 3 N–H and O–H groups in total. The number of methoxy groups -OCH3 is 1. The third-order valence-corrected chi connectivity index (χ3v) is 7.25. The van der Waals surface area contributed by atoms with Crippen molar-refractivity contribution in [3.8, 4) is 11.8 Å². The molecule has 7 nitrogen and oxygen atoms in total. The fraction of sp³-hybridized carbons (Fsp3) is 0.148. The van der Waals surface area contributed by atoms with E-state index in [0.29, 0.717) is 39.0 Å². The first kappa shape index (κ1) is 25.1. The van der Waals surface area contributed by atoms with Gasteiger partial charge in [-0.3, -0.25) is 9.59 Å². The highest BCUT2D eigenvalue weighted by atomic mass is 32.2. The highest BCUT2D eigenvalue weighted by Gasteiger charge is 2.35. The number of nitrogens with one attached hydrogen (secondary N) is 3. The maximum absolute atomic E-state index is 13.4. The van der Waals surface area contributed by atoms with Gasteiger partial charge in [0.15, 0.2) is 0 Å². The number of allylic oxidation sites excluding steroid dienone is 2. The van der Waals surface area contributed by atoms with Crippen molar-refractivity contribution in [3.63, 3.8) is 0 Å². The summed E-state index contributed by atoms with van der Waals surface area (Å²) in [5, 5.41) is 23.5. The van der Waals surface area contributed by atoms with E-state index in [9.17, 15) is 14.9 Å². The zero-order valence-corrected chi connectivity index (χ0v) is 21.3. The van der Waals surface area contributed by atoms with Gasteiger partial charge in [-0.1, -0.05) is 42.1 Å². The van der Waals surface area contributed by atoms with Crippen molar-refractivity contribution in [2.75, 3.05) is 23.5 Å². The normalized spacial score (nSPS) is 15.1. The molecule has 1 aliphatic rings. The Labute approximate surface area is 217 Å². The Hall–Kier alpha value is -4.00. The molecule has 2 heterocycles. The van der Waals surface area contributed by atoms with Gasteiger partial charge in [0, 0.05) is 17.0 Å². The molecule has 1 aliphatic heterocycles. The molecule has 9 heteroatoms. The van der Waals surface area contributed by atoms with Gasteiger partial charge in [-0.2, -0.15) is 16.6 Å². The number of nitrogens with zero attached hydrogens (tertiary/aromatic N) is 1. The molecule has 2 amide bonds. The van der Waals surface area contributed by atoms with Crippen LogP contribution in [0.15, 0.2) is 93.3 Å². The minimum absolute atomic E-state index is 0.0702. The summed E-state index contributed by atoms with van der Waals surface area (Å²) in [5.74, 6) is -0.439. The van der Waals surface area contributed by atoms with Crippen LogP contribution in [0, 0.1) is 11.3 Å². The predicted octanol–water partition coefficient (Wildman–Crippen LogP) is 5.46. The number of dihydropyridines is 1. The average molecular weight is 517 g/mol. The second-order valence-electron chi connectivity index (χ2n) is 7.87. The van der Waals surface area contributed by atoms with Crippen LogP contribution in [-0.4, -0.2) is 24.7 Å². The quantitative estimate of drug-likeness (QED) is 0.367. The van der Waals surface area contributed by atoms with Gasteiger partial charge in [-0.05, 0) is 53.6 Å². The van der Waals surface area contributed by atoms with E-state index < -0.39 is 5.92 Å². The van der Waals surface area contributed by atoms with Crippen molar-refractivity contribution in [2.45, 2.75) is 12.8 Å². The van der Waals surface area contributed by atoms with Gasteiger partial charge < -0.3 is 20.7 Å². The molecule has 182 valence electrons. The minimum Gasteiger partial charge on any atom is -0.495 e. The summed E-state index contributed by atoms with van der Waals surface area (Å²) in [6.07, 6.45) is 0. The van der Waals surface area contributed by atoms with Crippen molar-refractivity contribution in [3.05, 3.63) is 98.9 Å². The van der Waals surface area contributed by atoms with Crippen molar-refractivity contribution in [2.24, 2.45) is 0 Å². The molecule has 0 spiro atoms.